The summed E-state index contributed by atoms with van der Waals surface area (Å²) < 4.78 is 5.15. The maximum absolute atomic E-state index is 12.5. The van der Waals surface area contributed by atoms with Crippen molar-refractivity contribution in [2.24, 2.45) is 0 Å². The van der Waals surface area contributed by atoms with Gasteiger partial charge in [-0.25, -0.2) is 4.79 Å². The molecule has 0 N–H and O–H groups in total. The molecule has 2 aromatic rings. The van der Waals surface area contributed by atoms with Gasteiger partial charge in [-0.1, -0.05) is 41.1 Å². The maximum atomic E-state index is 12.5. The highest BCUT2D eigenvalue weighted by Gasteiger charge is 2.28. The fourth-order valence-electron chi connectivity index (χ4n) is 2.93. The van der Waals surface area contributed by atoms with Crippen molar-refractivity contribution in [3.63, 3.8) is 0 Å². The van der Waals surface area contributed by atoms with E-state index in [2.05, 4.69) is 0 Å². The van der Waals surface area contributed by atoms with E-state index in [4.69, 9.17) is 4.74 Å². The van der Waals surface area contributed by atoms with E-state index in [0.717, 1.165) is 21.7 Å². The van der Waals surface area contributed by atoms with E-state index >= 15 is 0 Å². The summed E-state index contributed by atoms with van der Waals surface area (Å²) in [5, 5.41) is 10.0. The second-order valence-electron chi connectivity index (χ2n) is 6.30. The van der Waals surface area contributed by atoms with E-state index in [-0.39, 0.29) is 5.57 Å². The predicted octanol–water partition coefficient (Wildman–Crippen LogP) is 4.01. The second-order valence-corrected chi connectivity index (χ2v) is 7.33. The summed E-state index contributed by atoms with van der Waals surface area (Å²) in [4.78, 5) is 27.6. The summed E-state index contributed by atoms with van der Waals surface area (Å²) in [6.07, 6.45) is 0. The average molecular weight is 378 g/mol. The fourth-order valence-corrected chi connectivity index (χ4v) is 4.09. The molecule has 0 atom stereocenters. The first kappa shape index (κ1) is 18.7. The number of carbonyl (C=O) groups is 2. The van der Waals surface area contributed by atoms with Gasteiger partial charge in [0.15, 0.2) is 6.61 Å². The molecular weight excluding hydrogens is 360 g/mol. The van der Waals surface area contributed by atoms with Crippen LogP contribution in [-0.4, -0.2) is 25.4 Å². The molecule has 0 radical (unpaired) electrons. The van der Waals surface area contributed by atoms with Gasteiger partial charge in [0, 0.05) is 11.9 Å². The maximum Gasteiger partial charge on any atom is 0.338 e. The smallest absolute Gasteiger partial charge is 0.338 e. The molecule has 136 valence electrons. The number of thioether (sulfide) groups is 1. The third-order valence-electron chi connectivity index (χ3n) is 4.13. The number of aryl methyl sites for hydroxylation is 2. The minimum Gasteiger partial charge on any atom is -0.454 e. The molecule has 0 aliphatic carbocycles. The Morgan fingerprint density at radius 3 is 2.44 bits per heavy atom. The Balaban J connectivity index is 1.75. The number of para-hydroxylation sites is 1. The van der Waals surface area contributed by atoms with Crippen LogP contribution in [0.25, 0.3) is 0 Å². The first-order valence-corrected chi connectivity index (χ1v) is 9.16. The van der Waals surface area contributed by atoms with Crippen molar-refractivity contribution in [1.29, 1.82) is 5.26 Å². The van der Waals surface area contributed by atoms with E-state index < -0.39 is 18.4 Å². The van der Waals surface area contributed by atoms with Gasteiger partial charge in [0.05, 0.1) is 11.3 Å². The van der Waals surface area contributed by atoms with Crippen LogP contribution in [0.2, 0.25) is 0 Å². The third kappa shape index (κ3) is 3.88. The molecule has 0 saturated heterocycles. The number of ketones is 1. The van der Waals surface area contributed by atoms with Gasteiger partial charge in [-0.15, -0.1) is 0 Å². The van der Waals surface area contributed by atoms with E-state index in [0.29, 0.717) is 10.6 Å². The lowest BCUT2D eigenvalue weighted by Crippen LogP contribution is -2.20. The van der Waals surface area contributed by atoms with E-state index in [1.165, 1.54) is 11.8 Å². The van der Waals surface area contributed by atoms with Crippen LogP contribution < -0.4 is 4.90 Å². The van der Waals surface area contributed by atoms with Crippen molar-refractivity contribution < 1.29 is 14.3 Å². The van der Waals surface area contributed by atoms with Crippen molar-refractivity contribution in [3.05, 3.63) is 69.8 Å². The Kier molecular flexibility index (Phi) is 5.33. The Morgan fingerprint density at radius 1 is 1.15 bits per heavy atom. The Labute approximate surface area is 162 Å². The van der Waals surface area contributed by atoms with Gasteiger partial charge in [0.1, 0.15) is 16.7 Å². The SMILES string of the molecule is Cc1cc(C)cc(C(=O)OCC(=O)/C(C#N)=C2\Sc3ccccc3N2C)c1. The van der Waals surface area contributed by atoms with Gasteiger partial charge in [-0.2, -0.15) is 5.26 Å². The quantitative estimate of drug-likeness (QED) is 0.455. The molecule has 27 heavy (non-hydrogen) atoms. The van der Waals surface area contributed by atoms with Gasteiger partial charge < -0.3 is 9.64 Å². The van der Waals surface area contributed by atoms with Crippen molar-refractivity contribution in [2.45, 2.75) is 18.7 Å². The molecule has 3 rings (SSSR count). The highest BCUT2D eigenvalue weighted by molar-refractivity contribution is 8.03. The number of carbonyl (C=O) groups excluding carboxylic acids is 2. The molecule has 0 saturated carbocycles. The van der Waals surface area contributed by atoms with Crippen molar-refractivity contribution in [3.8, 4) is 6.07 Å². The van der Waals surface area contributed by atoms with E-state index in [1.807, 2.05) is 55.1 Å². The summed E-state index contributed by atoms with van der Waals surface area (Å²) in [5.74, 6) is -1.09. The van der Waals surface area contributed by atoms with Gasteiger partial charge in [-0.05, 0) is 38.1 Å². The number of anilines is 1. The Bertz CT molecular complexity index is 984. The molecule has 0 amide bonds. The monoisotopic (exact) mass is 378 g/mol. The molecular formula is C21H18N2O3S. The topological polar surface area (TPSA) is 70.4 Å². The predicted molar refractivity (Wildman–Crippen MR) is 105 cm³/mol. The molecule has 2 aromatic carbocycles. The Morgan fingerprint density at radius 2 is 1.81 bits per heavy atom. The van der Waals surface area contributed by atoms with Crippen LogP contribution in [0.1, 0.15) is 21.5 Å². The van der Waals surface area contributed by atoms with Gasteiger partial charge in [0.25, 0.3) is 0 Å². The van der Waals surface area contributed by atoms with Gasteiger partial charge >= 0.3 is 5.97 Å². The van der Waals surface area contributed by atoms with Gasteiger partial charge in [-0.3, -0.25) is 4.79 Å². The molecule has 5 nitrogen and oxygen atoms in total. The van der Waals surface area contributed by atoms with Crippen LogP contribution in [0.4, 0.5) is 5.69 Å². The average Bonchev–Trinajstić information content (AvgIpc) is 2.96. The lowest BCUT2D eigenvalue weighted by Gasteiger charge is -2.14. The molecule has 1 aliphatic rings. The molecule has 6 heteroatoms. The minimum atomic E-state index is -0.576. The molecule has 0 fully saturated rings. The zero-order valence-electron chi connectivity index (χ0n) is 15.3. The number of rotatable bonds is 4. The zero-order valence-corrected chi connectivity index (χ0v) is 16.1. The molecule has 0 unspecified atom stereocenters. The molecule has 0 aromatic heterocycles. The Hall–Kier alpha value is -3.04. The van der Waals surface area contributed by atoms with Crippen LogP contribution in [0.15, 0.2) is 58.0 Å². The number of hydrogen-bond acceptors (Lipinski definition) is 6. The standard InChI is InChI=1S/C21H18N2O3S/c1-13-8-14(2)10-15(9-13)21(25)26-12-18(24)16(11-22)20-23(3)17-6-4-5-7-19(17)27-20/h4-10H,12H2,1-3H3/b20-16-. The minimum absolute atomic E-state index is 0.00748. The fraction of sp³-hybridized carbons (Fsp3) is 0.190. The first-order chi connectivity index (χ1) is 12.9. The number of esters is 1. The van der Waals surface area contributed by atoms with Crippen molar-refractivity contribution in [1.82, 2.24) is 0 Å². The van der Waals surface area contributed by atoms with E-state index in [9.17, 15) is 14.9 Å². The van der Waals surface area contributed by atoms with Crippen LogP contribution in [0.3, 0.4) is 0 Å². The van der Waals surface area contributed by atoms with Crippen LogP contribution in [-0.2, 0) is 9.53 Å². The van der Waals surface area contributed by atoms with E-state index in [1.54, 1.807) is 19.2 Å². The molecule has 0 spiro atoms. The summed E-state index contributed by atoms with van der Waals surface area (Å²) in [7, 11) is 1.81. The lowest BCUT2D eigenvalue weighted by atomic mass is 10.1. The summed E-state index contributed by atoms with van der Waals surface area (Å²) in [6, 6.07) is 15.0. The summed E-state index contributed by atoms with van der Waals surface area (Å²) in [5.41, 5.74) is 3.20. The number of hydrogen-bond donors (Lipinski definition) is 0. The number of nitrogens with zero attached hydrogens (tertiary/aromatic N) is 2. The number of Topliss-reactive ketones (excluding diaryl/α,β-unsaturated/α-hetero) is 1. The highest BCUT2D eigenvalue weighted by Crippen LogP contribution is 2.46. The van der Waals surface area contributed by atoms with Crippen molar-refractivity contribution >= 4 is 29.2 Å². The number of ether oxygens (including phenoxy) is 1. The third-order valence-corrected chi connectivity index (χ3v) is 5.37. The first-order valence-electron chi connectivity index (χ1n) is 8.34. The van der Waals surface area contributed by atoms with Crippen LogP contribution in [0, 0.1) is 25.2 Å². The van der Waals surface area contributed by atoms with Crippen LogP contribution >= 0.6 is 11.8 Å². The number of benzene rings is 2. The lowest BCUT2D eigenvalue weighted by molar-refractivity contribution is -0.118. The zero-order chi connectivity index (χ0) is 19.6. The molecule has 1 heterocycles. The molecule has 0 bridgehead atoms. The largest absolute Gasteiger partial charge is 0.454 e. The van der Waals surface area contributed by atoms with Crippen LogP contribution in [0.5, 0.6) is 0 Å². The normalized spacial score (nSPS) is 14.4. The second kappa shape index (κ2) is 7.68. The highest BCUT2D eigenvalue weighted by atomic mass is 32.2. The van der Waals surface area contributed by atoms with Crippen molar-refractivity contribution in [2.75, 3.05) is 18.6 Å². The summed E-state index contributed by atoms with van der Waals surface area (Å²) >= 11 is 1.36. The van der Waals surface area contributed by atoms with Gasteiger partial charge in [0.2, 0.25) is 5.78 Å². The summed E-state index contributed by atoms with van der Waals surface area (Å²) in [6.45, 7) is 3.30. The number of nitriles is 1. The number of fused-ring (bicyclic) bond motifs is 1. The molecule has 1 aliphatic heterocycles.